The lowest BCUT2D eigenvalue weighted by atomic mass is 10.2. The number of carbonyl (C=O) groups is 1. The van der Waals surface area contributed by atoms with Crippen molar-refractivity contribution in [1.82, 2.24) is 4.98 Å². The lowest BCUT2D eigenvalue weighted by molar-refractivity contribution is -0.119. The SMILES string of the molecule is CN(C(=O)C(C)(C)Br)c1ccccn1. The van der Waals surface area contributed by atoms with E-state index in [4.69, 9.17) is 0 Å². The first-order chi connectivity index (χ1) is 6.43. The highest BCUT2D eigenvalue weighted by molar-refractivity contribution is 9.10. The molecule has 0 aliphatic carbocycles. The molecule has 0 radical (unpaired) electrons. The molecule has 14 heavy (non-hydrogen) atoms. The molecule has 0 atom stereocenters. The van der Waals surface area contributed by atoms with Gasteiger partial charge in [0, 0.05) is 13.2 Å². The van der Waals surface area contributed by atoms with Gasteiger partial charge >= 0.3 is 0 Å². The van der Waals surface area contributed by atoms with E-state index in [-0.39, 0.29) is 5.91 Å². The van der Waals surface area contributed by atoms with E-state index in [1.165, 1.54) is 4.90 Å². The Morgan fingerprint density at radius 1 is 1.50 bits per heavy atom. The molecule has 0 saturated heterocycles. The van der Waals surface area contributed by atoms with Crippen LogP contribution in [0.5, 0.6) is 0 Å². The van der Waals surface area contributed by atoms with Crippen molar-refractivity contribution in [3.63, 3.8) is 0 Å². The second-order valence-electron chi connectivity index (χ2n) is 3.52. The minimum Gasteiger partial charge on any atom is -0.299 e. The number of anilines is 1. The summed E-state index contributed by atoms with van der Waals surface area (Å²) in [5.41, 5.74) is 0. The summed E-state index contributed by atoms with van der Waals surface area (Å²) in [6.07, 6.45) is 1.67. The van der Waals surface area contributed by atoms with Gasteiger partial charge in [-0.3, -0.25) is 9.69 Å². The Labute approximate surface area is 92.3 Å². The van der Waals surface area contributed by atoms with E-state index in [2.05, 4.69) is 20.9 Å². The predicted molar refractivity (Wildman–Crippen MR) is 60.7 cm³/mol. The average molecular weight is 257 g/mol. The predicted octanol–water partition coefficient (Wildman–Crippen LogP) is 2.22. The molecule has 1 aromatic rings. The van der Waals surface area contributed by atoms with Gasteiger partial charge in [0.25, 0.3) is 0 Å². The number of alkyl halides is 1. The summed E-state index contributed by atoms with van der Waals surface area (Å²) in [6, 6.07) is 5.48. The molecule has 1 aromatic heterocycles. The monoisotopic (exact) mass is 256 g/mol. The number of rotatable bonds is 2. The van der Waals surface area contributed by atoms with Crippen LogP contribution in [0, 0.1) is 0 Å². The highest BCUT2D eigenvalue weighted by Gasteiger charge is 2.28. The Hall–Kier alpha value is -0.900. The molecule has 0 unspecified atom stereocenters. The zero-order chi connectivity index (χ0) is 10.8. The first kappa shape index (κ1) is 11.2. The Balaban J connectivity index is 2.87. The maximum absolute atomic E-state index is 11.8. The van der Waals surface area contributed by atoms with E-state index < -0.39 is 4.32 Å². The van der Waals surface area contributed by atoms with E-state index in [0.29, 0.717) is 5.82 Å². The summed E-state index contributed by atoms with van der Waals surface area (Å²) in [4.78, 5) is 17.4. The maximum Gasteiger partial charge on any atom is 0.244 e. The molecular formula is C10H13BrN2O. The van der Waals surface area contributed by atoms with Crippen molar-refractivity contribution in [1.29, 1.82) is 0 Å². The number of hydrogen-bond acceptors (Lipinski definition) is 2. The Morgan fingerprint density at radius 2 is 2.14 bits per heavy atom. The van der Waals surface area contributed by atoms with Gasteiger partial charge in [0.1, 0.15) is 5.82 Å². The highest BCUT2D eigenvalue weighted by Crippen LogP contribution is 2.21. The Bertz CT molecular complexity index is 319. The molecule has 0 aromatic carbocycles. The molecule has 0 bridgehead atoms. The van der Waals surface area contributed by atoms with Crippen molar-refractivity contribution >= 4 is 27.7 Å². The van der Waals surface area contributed by atoms with Crippen LogP contribution in [0.3, 0.4) is 0 Å². The zero-order valence-corrected chi connectivity index (χ0v) is 10.1. The molecule has 0 fully saturated rings. The average Bonchev–Trinajstić information content (AvgIpc) is 2.15. The second kappa shape index (κ2) is 4.09. The normalized spacial score (nSPS) is 11.1. The zero-order valence-electron chi connectivity index (χ0n) is 8.49. The summed E-state index contributed by atoms with van der Waals surface area (Å²) in [7, 11) is 1.72. The molecule has 4 heteroatoms. The van der Waals surface area contributed by atoms with Gasteiger partial charge in [-0.2, -0.15) is 0 Å². The fraction of sp³-hybridized carbons (Fsp3) is 0.400. The van der Waals surface area contributed by atoms with Crippen LogP contribution in [0.15, 0.2) is 24.4 Å². The van der Waals surface area contributed by atoms with Crippen LogP contribution in [0.4, 0.5) is 5.82 Å². The van der Waals surface area contributed by atoms with Gasteiger partial charge in [-0.25, -0.2) is 4.98 Å². The van der Waals surface area contributed by atoms with Crippen molar-refractivity contribution in [3.05, 3.63) is 24.4 Å². The second-order valence-corrected chi connectivity index (χ2v) is 5.51. The fourth-order valence-electron chi connectivity index (χ4n) is 1.05. The third-order valence-corrected chi connectivity index (χ3v) is 2.15. The molecule has 0 aliphatic heterocycles. The number of halogens is 1. The van der Waals surface area contributed by atoms with Gasteiger partial charge in [-0.1, -0.05) is 22.0 Å². The van der Waals surface area contributed by atoms with Crippen LogP contribution in [0.25, 0.3) is 0 Å². The molecule has 76 valence electrons. The van der Waals surface area contributed by atoms with E-state index >= 15 is 0 Å². The third kappa shape index (κ3) is 2.54. The van der Waals surface area contributed by atoms with Crippen molar-refractivity contribution in [2.24, 2.45) is 0 Å². The number of pyridine rings is 1. The van der Waals surface area contributed by atoms with Crippen LogP contribution in [-0.2, 0) is 4.79 Å². The summed E-state index contributed by atoms with van der Waals surface area (Å²) >= 11 is 3.32. The first-order valence-electron chi connectivity index (χ1n) is 4.31. The molecule has 0 spiro atoms. The van der Waals surface area contributed by atoms with Gasteiger partial charge in [-0.05, 0) is 26.0 Å². The number of nitrogens with zero attached hydrogens (tertiary/aromatic N) is 2. The number of amides is 1. The van der Waals surface area contributed by atoms with Crippen molar-refractivity contribution in [3.8, 4) is 0 Å². The van der Waals surface area contributed by atoms with Gasteiger partial charge in [0.15, 0.2) is 0 Å². The van der Waals surface area contributed by atoms with Crippen LogP contribution in [0.1, 0.15) is 13.8 Å². The lowest BCUT2D eigenvalue weighted by Crippen LogP contribution is -2.39. The molecule has 1 amide bonds. The van der Waals surface area contributed by atoms with Gasteiger partial charge in [0.05, 0.1) is 4.32 Å². The summed E-state index contributed by atoms with van der Waals surface area (Å²) in [5, 5.41) is 0. The lowest BCUT2D eigenvalue weighted by Gasteiger charge is -2.23. The minimum atomic E-state index is -0.556. The van der Waals surface area contributed by atoms with E-state index in [9.17, 15) is 4.79 Å². The van der Waals surface area contributed by atoms with Gasteiger partial charge in [-0.15, -0.1) is 0 Å². The Morgan fingerprint density at radius 3 is 2.57 bits per heavy atom. The summed E-state index contributed by atoms with van der Waals surface area (Å²) in [6.45, 7) is 3.63. The summed E-state index contributed by atoms with van der Waals surface area (Å²) < 4.78 is -0.556. The van der Waals surface area contributed by atoms with E-state index in [0.717, 1.165) is 0 Å². The molecule has 3 nitrogen and oxygen atoms in total. The highest BCUT2D eigenvalue weighted by atomic mass is 79.9. The fourth-order valence-corrected chi connectivity index (χ4v) is 1.32. The van der Waals surface area contributed by atoms with Crippen LogP contribution in [0.2, 0.25) is 0 Å². The summed E-state index contributed by atoms with van der Waals surface area (Å²) in [5.74, 6) is 0.640. The van der Waals surface area contributed by atoms with Crippen molar-refractivity contribution in [2.75, 3.05) is 11.9 Å². The smallest absolute Gasteiger partial charge is 0.244 e. The van der Waals surface area contributed by atoms with Crippen LogP contribution >= 0.6 is 15.9 Å². The minimum absolute atomic E-state index is 0.0174. The van der Waals surface area contributed by atoms with E-state index in [1.807, 2.05) is 26.0 Å². The molecule has 1 heterocycles. The topological polar surface area (TPSA) is 33.2 Å². The standard InChI is InChI=1S/C10H13BrN2O/c1-10(2,11)9(14)13(3)8-6-4-5-7-12-8/h4-7H,1-3H3. The van der Waals surface area contributed by atoms with Crippen LogP contribution in [-0.4, -0.2) is 22.3 Å². The quantitative estimate of drug-likeness (QED) is 0.761. The molecule has 1 rings (SSSR count). The Kier molecular flexibility index (Phi) is 3.26. The van der Waals surface area contributed by atoms with Crippen LogP contribution < -0.4 is 4.90 Å². The first-order valence-corrected chi connectivity index (χ1v) is 5.10. The number of hydrogen-bond donors (Lipinski definition) is 0. The van der Waals surface area contributed by atoms with E-state index in [1.54, 1.807) is 19.3 Å². The molecule has 0 N–H and O–H groups in total. The number of aromatic nitrogens is 1. The van der Waals surface area contributed by atoms with Crippen molar-refractivity contribution in [2.45, 2.75) is 18.2 Å². The van der Waals surface area contributed by atoms with Gasteiger partial charge < -0.3 is 0 Å². The molecule has 0 aliphatic rings. The number of carbonyl (C=O) groups excluding carboxylic acids is 1. The van der Waals surface area contributed by atoms with Crippen molar-refractivity contribution < 1.29 is 4.79 Å². The third-order valence-electron chi connectivity index (χ3n) is 1.81. The maximum atomic E-state index is 11.8. The molecular weight excluding hydrogens is 244 g/mol. The van der Waals surface area contributed by atoms with Gasteiger partial charge in [0.2, 0.25) is 5.91 Å². The molecule has 0 saturated carbocycles. The largest absolute Gasteiger partial charge is 0.299 e.